The third-order valence-electron chi connectivity index (χ3n) is 3.45. The number of likely N-dealkylation sites (N-methyl/N-ethyl adjacent to an activating group) is 1. The lowest BCUT2D eigenvalue weighted by atomic mass is 10.2. The zero-order chi connectivity index (χ0) is 13.3. The molecule has 2 heterocycles. The molecule has 6 heteroatoms. The fourth-order valence-corrected chi connectivity index (χ4v) is 3.00. The van der Waals surface area contributed by atoms with Gasteiger partial charge in [-0.1, -0.05) is 6.92 Å². The summed E-state index contributed by atoms with van der Waals surface area (Å²) >= 11 is 3.58. The molecule has 5 nitrogen and oxygen atoms in total. The summed E-state index contributed by atoms with van der Waals surface area (Å²) in [6.45, 7) is 3.58. The lowest BCUT2D eigenvalue weighted by Gasteiger charge is -2.12. The van der Waals surface area contributed by atoms with Crippen LogP contribution in [0, 0.1) is 0 Å². The monoisotopic (exact) mass is 314 g/mol. The molecule has 1 N–H and O–H groups in total. The first-order valence-electron chi connectivity index (χ1n) is 6.23. The van der Waals surface area contributed by atoms with Gasteiger partial charge in [0.25, 0.3) is 0 Å². The van der Waals surface area contributed by atoms with E-state index < -0.39 is 0 Å². The van der Waals surface area contributed by atoms with Crippen LogP contribution in [-0.2, 0) is 24.8 Å². The van der Waals surface area contributed by atoms with E-state index in [1.807, 2.05) is 18.8 Å². The number of likely N-dealkylation sites (tertiary alicyclic amines) is 1. The minimum absolute atomic E-state index is 0.0538. The van der Waals surface area contributed by atoms with Gasteiger partial charge >= 0.3 is 0 Å². The smallest absolute Gasteiger partial charge is 0.239 e. The van der Waals surface area contributed by atoms with Crippen LogP contribution in [0.25, 0.3) is 0 Å². The lowest BCUT2D eigenvalue weighted by molar-refractivity contribution is -0.128. The Morgan fingerprint density at radius 3 is 2.72 bits per heavy atom. The van der Waals surface area contributed by atoms with Gasteiger partial charge in [-0.05, 0) is 28.8 Å². The van der Waals surface area contributed by atoms with Crippen molar-refractivity contribution in [3.05, 3.63) is 15.9 Å². The number of nitrogens with one attached hydrogen (secondary N) is 1. The highest BCUT2D eigenvalue weighted by Gasteiger charge is 2.28. The van der Waals surface area contributed by atoms with Gasteiger partial charge < -0.3 is 10.2 Å². The maximum Gasteiger partial charge on any atom is 0.239 e. The van der Waals surface area contributed by atoms with Gasteiger partial charge in [-0.2, -0.15) is 5.10 Å². The zero-order valence-electron chi connectivity index (χ0n) is 11.0. The van der Waals surface area contributed by atoms with Crippen molar-refractivity contribution in [2.24, 2.45) is 7.05 Å². The molecule has 1 unspecified atom stereocenters. The highest BCUT2D eigenvalue weighted by Crippen LogP contribution is 2.21. The van der Waals surface area contributed by atoms with E-state index in [2.05, 4.69) is 33.3 Å². The molecule has 0 aliphatic carbocycles. The molecule has 1 aromatic heterocycles. The van der Waals surface area contributed by atoms with Crippen molar-refractivity contribution >= 4 is 21.8 Å². The molecule has 18 heavy (non-hydrogen) atoms. The fraction of sp³-hybridized carbons (Fsp3) is 0.667. The molecule has 0 radical (unpaired) electrons. The second-order valence-electron chi connectivity index (χ2n) is 4.67. The number of carbonyl (C=O) groups excluding carboxylic acids is 1. The predicted molar refractivity (Wildman–Crippen MR) is 73.2 cm³/mol. The van der Waals surface area contributed by atoms with Gasteiger partial charge in [0, 0.05) is 27.2 Å². The first kappa shape index (κ1) is 13.5. The van der Waals surface area contributed by atoms with E-state index in [1.165, 1.54) is 0 Å². The van der Waals surface area contributed by atoms with Gasteiger partial charge in [0.15, 0.2) is 0 Å². The number of rotatable bonds is 4. The molecule has 0 aromatic carbocycles. The van der Waals surface area contributed by atoms with Crippen LogP contribution in [0.15, 0.2) is 4.47 Å². The number of aryl methyl sites for hydroxylation is 2. The highest BCUT2D eigenvalue weighted by molar-refractivity contribution is 9.10. The molecule has 1 fully saturated rings. The van der Waals surface area contributed by atoms with Crippen molar-refractivity contribution in [3.8, 4) is 0 Å². The average Bonchev–Trinajstić information content (AvgIpc) is 2.80. The van der Waals surface area contributed by atoms with Crippen molar-refractivity contribution in [1.29, 1.82) is 0 Å². The van der Waals surface area contributed by atoms with Gasteiger partial charge in [-0.15, -0.1) is 0 Å². The summed E-state index contributed by atoms with van der Waals surface area (Å²) in [7, 11) is 3.78. The van der Waals surface area contributed by atoms with E-state index in [1.54, 1.807) is 4.90 Å². The largest absolute Gasteiger partial charge is 0.344 e. The summed E-state index contributed by atoms with van der Waals surface area (Å²) in [5.41, 5.74) is 2.15. The molecule has 0 bridgehead atoms. The van der Waals surface area contributed by atoms with Crippen LogP contribution in [0.1, 0.15) is 24.7 Å². The molecule has 1 amide bonds. The Morgan fingerprint density at radius 2 is 2.22 bits per heavy atom. The molecule has 0 saturated carbocycles. The predicted octanol–water partition coefficient (Wildman–Crippen LogP) is 1.07. The summed E-state index contributed by atoms with van der Waals surface area (Å²) in [5.74, 6) is 0.184. The number of carbonyl (C=O) groups is 1. The Morgan fingerprint density at radius 1 is 1.50 bits per heavy atom. The minimum atomic E-state index is -0.0538. The number of hydrogen-bond donors (Lipinski definition) is 1. The third-order valence-corrected chi connectivity index (χ3v) is 4.36. The van der Waals surface area contributed by atoms with Crippen molar-refractivity contribution in [2.45, 2.75) is 32.4 Å². The van der Waals surface area contributed by atoms with Gasteiger partial charge in [0.1, 0.15) is 0 Å². The number of aromatic nitrogens is 2. The number of hydrogen-bond acceptors (Lipinski definition) is 3. The zero-order valence-corrected chi connectivity index (χ0v) is 12.6. The Hall–Kier alpha value is -0.880. The fourth-order valence-electron chi connectivity index (χ4n) is 2.24. The van der Waals surface area contributed by atoms with E-state index in [4.69, 9.17) is 0 Å². The lowest BCUT2D eigenvalue weighted by Crippen LogP contribution is -2.36. The van der Waals surface area contributed by atoms with Gasteiger partial charge in [0.05, 0.1) is 21.9 Å². The van der Waals surface area contributed by atoms with Crippen LogP contribution >= 0.6 is 15.9 Å². The topological polar surface area (TPSA) is 50.2 Å². The van der Waals surface area contributed by atoms with Crippen LogP contribution in [0.2, 0.25) is 0 Å². The quantitative estimate of drug-likeness (QED) is 0.904. The number of amides is 1. The SMILES string of the molecule is CCc1nn(C)c(CNC2CCN(C)C2=O)c1Br. The van der Waals surface area contributed by atoms with Gasteiger partial charge in [-0.25, -0.2) is 0 Å². The van der Waals surface area contributed by atoms with Crippen LogP contribution < -0.4 is 5.32 Å². The normalized spacial score (nSPS) is 19.9. The van der Waals surface area contributed by atoms with Crippen molar-refractivity contribution in [2.75, 3.05) is 13.6 Å². The van der Waals surface area contributed by atoms with Gasteiger partial charge in [0.2, 0.25) is 5.91 Å². The molecule has 1 saturated heterocycles. The number of nitrogens with zero attached hydrogens (tertiary/aromatic N) is 3. The van der Waals surface area contributed by atoms with E-state index in [0.29, 0.717) is 6.54 Å². The average molecular weight is 315 g/mol. The standard InChI is InChI=1S/C12H19BrN4O/c1-4-8-11(13)10(17(3)15-8)7-14-9-5-6-16(2)12(9)18/h9,14H,4-7H2,1-3H3. The summed E-state index contributed by atoms with van der Waals surface area (Å²) < 4.78 is 2.93. The minimum Gasteiger partial charge on any atom is -0.344 e. The molecule has 1 aromatic rings. The molecule has 2 rings (SSSR count). The molecule has 1 aliphatic rings. The van der Waals surface area contributed by atoms with Crippen LogP contribution in [-0.4, -0.2) is 40.2 Å². The second kappa shape index (κ2) is 5.40. The third kappa shape index (κ3) is 2.44. The Kier molecular flexibility index (Phi) is 4.07. The second-order valence-corrected chi connectivity index (χ2v) is 5.46. The van der Waals surface area contributed by atoms with E-state index in [0.717, 1.165) is 35.2 Å². The highest BCUT2D eigenvalue weighted by atomic mass is 79.9. The molecular weight excluding hydrogens is 296 g/mol. The maximum absolute atomic E-state index is 11.8. The van der Waals surface area contributed by atoms with E-state index in [-0.39, 0.29) is 11.9 Å². The molecule has 1 atom stereocenters. The Bertz CT molecular complexity index is 457. The van der Waals surface area contributed by atoms with Crippen molar-refractivity contribution in [3.63, 3.8) is 0 Å². The maximum atomic E-state index is 11.8. The van der Waals surface area contributed by atoms with Gasteiger partial charge in [-0.3, -0.25) is 9.48 Å². The first-order chi connectivity index (χ1) is 8.54. The Balaban J connectivity index is 2.02. The van der Waals surface area contributed by atoms with E-state index in [9.17, 15) is 4.79 Å². The molecule has 0 spiro atoms. The molecule has 1 aliphatic heterocycles. The van der Waals surface area contributed by atoms with Crippen LogP contribution in [0.4, 0.5) is 0 Å². The van der Waals surface area contributed by atoms with E-state index >= 15 is 0 Å². The summed E-state index contributed by atoms with van der Waals surface area (Å²) in [5, 5.41) is 7.76. The van der Waals surface area contributed by atoms with Crippen LogP contribution in [0.5, 0.6) is 0 Å². The summed E-state index contributed by atoms with van der Waals surface area (Å²) in [6.07, 6.45) is 1.78. The summed E-state index contributed by atoms with van der Waals surface area (Å²) in [4.78, 5) is 13.6. The van der Waals surface area contributed by atoms with Crippen molar-refractivity contribution < 1.29 is 4.79 Å². The van der Waals surface area contributed by atoms with Crippen molar-refractivity contribution in [1.82, 2.24) is 20.0 Å². The molecule has 100 valence electrons. The molecular formula is C12H19BrN4O. The summed E-state index contributed by atoms with van der Waals surface area (Å²) in [6, 6.07) is -0.0538. The first-order valence-corrected chi connectivity index (χ1v) is 7.02. The van der Waals surface area contributed by atoms with Crippen LogP contribution in [0.3, 0.4) is 0 Å². The number of halogens is 1. The Labute approximate surface area is 116 Å².